The minimum Gasteiger partial charge on any atom is -0.317 e. The van der Waals surface area contributed by atoms with Crippen LogP contribution >= 0.6 is 34.2 Å². The molecule has 1 amide bonds. The number of hydrogen-bond acceptors (Lipinski definition) is 1. The van der Waals surface area contributed by atoms with Gasteiger partial charge in [-0.25, -0.2) is 8.78 Å². The topological polar surface area (TPSA) is 29.1 Å². The van der Waals surface area contributed by atoms with Crippen molar-refractivity contribution in [1.29, 1.82) is 0 Å². The second kappa shape index (κ2) is 6.05. The summed E-state index contributed by atoms with van der Waals surface area (Å²) in [6.07, 6.45) is 0. The van der Waals surface area contributed by atoms with E-state index in [-0.39, 0.29) is 11.1 Å². The molecule has 1 N–H and O–H groups in total. The largest absolute Gasteiger partial charge is 0.317 e. The second-order valence-corrected chi connectivity index (χ2v) is 5.73. The minimum absolute atomic E-state index is 0.252. The van der Waals surface area contributed by atoms with Gasteiger partial charge >= 0.3 is 0 Å². The Bertz CT molecular complexity index is 691. The number of amides is 1. The van der Waals surface area contributed by atoms with Crippen molar-refractivity contribution >= 4 is 45.8 Å². The Morgan fingerprint density at radius 1 is 1.25 bits per heavy atom. The predicted molar refractivity (Wildman–Crippen MR) is 83.2 cm³/mol. The maximum Gasteiger partial charge on any atom is 0.256 e. The monoisotopic (exact) mass is 407 g/mol. The quantitative estimate of drug-likeness (QED) is 0.713. The van der Waals surface area contributed by atoms with Crippen molar-refractivity contribution in [3.63, 3.8) is 0 Å². The number of rotatable bonds is 2. The van der Waals surface area contributed by atoms with Crippen LogP contribution in [0.1, 0.15) is 15.9 Å². The summed E-state index contributed by atoms with van der Waals surface area (Å²) in [6.45, 7) is 1.49. The van der Waals surface area contributed by atoms with Crippen LogP contribution in [0, 0.1) is 22.1 Å². The van der Waals surface area contributed by atoms with Gasteiger partial charge in [0.05, 0.1) is 5.56 Å². The minimum atomic E-state index is -0.821. The van der Waals surface area contributed by atoms with E-state index in [1.807, 2.05) is 22.6 Å². The van der Waals surface area contributed by atoms with Crippen LogP contribution in [0.25, 0.3) is 0 Å². The smallest absolute Gasteiger partial charge is 0.256 e. The van der Waals surface area contributed by atoms with Crippen LogP contribution < -0.4 is 5.32 Å². The van der Waals surface area contributed by atoms with Crippen LogP contribution in [0.4, 0.5) is 14.5 Å². The molecule has 0 unspecified atom stereocenters. The third kappa shape index (κ3) is 3.09. The molecule has 0 aliphatic rings. The van der Waals surface area contributed by atoms with E-state index >= 15 is 0 Å². The van der Waals surface area contributed by atoms with E-state index in [1.165, 1.54) is 19.1 Å². The Morgan fingerprint density at radius 3 is 2.65 bits per heavy atom. The highest BCUT2D eigenvalue weighted by Crippen LogP contribution is 2.24. The van der Waals surface area contributed by atoms with Gasteiger partial charge in [0.1, 0.15) is 11.5 Å². The van der Waals surface area contributed by atoms with Gasteiger partial charge in [0, 0.05) is 8.59 Å². The van der Waals surface area contributed by atoms with E-state index in [0.717, 1.165) is 6.07 Å². The number of hydrogen-bond donors (Lipinski definition) is 1. The Morgan fingerprint density at radius 2 is 1.95 bits per heavy atom. The standard InChI is InChI=1S/C14H9ClF2INO/c1-7-2-4-10(16)13(12(7)17)19-14(20)9-6-8(15)3-5-11(9)18/h2-6H,1H3,(H,19,20). The molecule has 0 fully saturated rings. The SMILES string of the molecule is Cc1ccc(F)c(NC(=O)c2cc(Cl)ccc2I)c1F. The van der Waals surface area contributed by atoms with E-state index in [2.05, 4.69) is 5.32 Å². The van der Waals surface area contributed by atoms with E-state index in [4.69, 9.17) is 11.6 Å². The molecule has 0 aliphatic heterocycles. The fourth-order valence-electron chi connectivity index (χ4n) is 1.62. The molecule has 0 bridgehead atoms. The summed E-state index contributed by atoms with van der Waals surface area (Å²) < 4.78 is 28.1. The summed E-state index contributed by atoms with van der Waals surface area (Å²) >= 11 is 7.77. The number of nitrogens with one attached hydrogen (secondary N) is 1. The van der Waals surface area contributed by atoms with Gasteiger partial charge < -0.3 is 5.32 Å². The zero-order valence-corrected chi connectivity index (χ0v) is 13.2. The van der Waals surface area contributed by atoms with Crippen molar-refractivity contribution in [3.05, 3.63) is 61.7 Å². The molecule has 2 nitrogen and oxygen atoms in total. The Hall–Kier alpha value is -1.21. The molecule has 6 heteroatoms. The summed E-state index contributed by atoms with van der Waals surface area (Å²) in [5, 5.41) is 2.63. The van der Waals surface area contributed by atoms with Gasteiger partial charge in [-0.15, -0.1) is 0 Å². The molecule has 2 aromatic rings. The van der Waals surface area contributed by atoms with Gasteiger partial charge in [-0.1, -0.05) is 17.7 Å². The Balaban J connectivity index is 2.38. The molecule has 0 atom stereocenters. The first kappa shape index (κ1) is 15.2. The number of carbonyl (C=O) groups excluding carboxylic acids is 1. The first-order valence-electron chi connectivity index (χ1n) is 5.61. The van der Waals surface area contributed by atoms with Crippen LogP contribution in [-0.2, 0) is 0 Å². The number of anilines is 1. The molecule has 0 spiro atoms. The van der Waals surface area contributed by atoms with Gasteiger partial charge in [0.15, 0.2) is 5.82 Å². The lowest BCUT2D eigenvalue weighted by atomic mass is 10.1. The third-order valence-corrected chi connectivity index (χ3v) is 3.87. The molecule has 0 aliphatic carbocycles. The Kier molecular flexibility index (Phi) is 4.59. The zero-order valence-electron chi connectivity index (χ0n) is 10.3. The molecular weight excluding hydrogens is 399 g/mol. The highest BCUT2D eigenvalue weighted by molar-refractivity contribution is 14.1. The molecule has 0 aromatic heterocycles. The zero-order chi connectivity index (χ0) is 14.9. The van der Waals surface area contributed by atoms with Crippen molar-refractivity contribution in [3.8, 4) is 0 Å². The van der Waals surface area contributed by atoms with Crippen molar-refractivity contribution < 1.29 is 13.6 Å². The van der Waals surface area contributed by atoms with E-state index in [1.54, 1.807) is 12.1 Å². The first-order chi connectivity index (χ1) is 9.40. The highest BCUT2D eigenvalue weighted by Gasteiger charge is 2.17. The average molecular weight is 408 g/mol. The Labute approximate surface area is 133 Å². The maximum absolute atomic E-state index is 13.8. The summed E-state index contributed by atoms with van der Waals surface area (Å²) in [5.41, 5.74) is 0.0617. The fraction of sp³-hybridized carbons (Fsp3) is 0.0714. The van der Waals surface area contributed by atoms with Crippen LogP contribution in [0.2, 0.25) is 5.02 Å². The van der Waals surface area contributed by atoms with E-state index in [9.17, 15) is 13.6 Å². The van der Waals surface area contributed by atoms with Crippen molar-refractivity contribution in [2.75, 3.05) is 5.32 Å². The molecule has 0 saturated heterocycles. The number of carbonyl (C=O) groups is 1. The lowest BCUT2D eigenvalue weighted by molar-refractivity contribution is 0.102. The molecule has 104 valence electrons. The van der Waals surface area contributed by atoms with Gasteiger partial charge in [-0.2, -0.15) is 0 Å². The number of benzene rings is 2. The van der Waals surface area contributed by atoms with E-state index < -0.39 is 23.2 Å². The first-order valence-corrected chi connectivity index (χ1v) is 7.07. The molecule has 2 rings (SSSR count). The molecule has 2 aromatic carbocycles. The summed E-state index contributed by atoms with van der Waals surface area (Å²) in [6, 6.07) is 7.15. The lowest BCUT2D eigenvalue weighted by Crippen LogP contribution is -2.16. The average Bonchev–Trinajstić information content (AvgIpc) is 2.41. The van der Waals surface area contributed by atoms with Crippen molar-refractivity contribution in [2.45, 2.75) is 6.92 Å². The molecule has 20 heavy (non-hydrogen) atoms. The van der Waals surface area contributed by atoms with Crippen LogP contribution in [-0.4, -0.2) is 5.91 Å². The molecule has 0 heterocycles. The maximum atomic E-state index is 13.8. The highest BCUT2D eigenvalue weighted by atomic mass is 127. The normalized spacial score (nSPS) is 10.4. The lowest BCUT2D eigenvalue weighted by Gasteiger charge is -2.10. The van der Waals surface area contributed by atoms with Crippen molar-refractivity contribution in [2.24, 2.45) is 0 Å². The van der Waals surface area contributed by atoms with Gasteiger partial charge in [0.25, 0.3) is 5.91 Å². The number of halogens is 4. The molecule has 0 radical (unpaired) electrons. The van der Waals surface area contributed by atoms with Crippen LogP contribution in [0.5, 0.6) is 0 Å². The van der Waals surface area contributed by atoms with Crippen molar-refractivity contribution in [1.82, 2.24) is 0 Å². The summed E-state index contributed by atoms with van der Waals surface area (Å²) in [5.74, 6) is -2.21. The molecule has 0 saturated carbocycles. The fourth-order valence-corrected chi connectivity index (χ4v) is 2.38. The molecular formula is C14H9ClF2INO. The van der Waals surface area contributed by atoms with Crippen LogP contribution in [0.15, 0.2) is 30.3 Å². The van der Waals surface area contributed by atoms with Gasteiger partial charge in [-0.05, 0) is 59.3 Å². The summed E-state index contributed by atoms with van der Waals surface area (Å²) in [4.78, 5) is 12.1. The predicted octanol–water partition coefficient (Wildman–Crippen LogP) is 4.78. The van der Waals surface area contributed by atoms with Gasteiger partial charge in [0.2, 0.25) is 0 Å². The third-order valence-electron chi connectivity index (χ3n) is 2.70. The second-order valence-electron chi connectivity index (χ2n) is 4.13. The summed E-state index contributed by atoms with van der Waals surface area (Å²) in [7, 11) is 0. The van der Waals surface area contributed by atoms with E-state index in [0.29, 0.717) is 8.59 Å². The van der Waals surface area contributed by atoms with Crippen LogP contribution in [0.3, 0.4) is 0 Å². The van der Waals surface area contributed by atoms with Gasteiger partial charge in [-0.3, -0.25) is 4.79 Å². The number of aryl methyl sites for hydroxylation is 1.